The molecule has 1 saturated heterocycles. The van der Waals surface area contributed by atoms with Gasteiger partial charge in [0.1, 0.15) is 4.90 Å². The van der Waals surface area contributed by atoms with Crippen LogP contribution in [0, 0.1) is 5.41 Å². The molecule has 1 fully saturated rings. The zero-order chi connectivity index (χ0) is 41.9. The second kappa shape index (κ2) is 17.7. The van der Waals surface area contributed by atoms with E-state index in [4.69, 9.17) is 17.3 Å². The summed E-state index contributed by atoms with van der Waals surface area (Å²) in [6.07, 6.45) is 2.14. The lowest BCUT2D eigenvalue weighted by atomic mass is 9.73. The molecule has 0 aromatic heterocycles. The number of anilines is 2. The van der Waals surface area contributed by atoms with Gasteiger partial charge in [-0.15, -0.1) is 11.8 Å². The van der Waals surface area contributed by atoms with Crippen LogP contribution in [0.5, 0.6) is 0 Å². The van der Waals surface area contributed by atoms with Gasteiger partial charge >= 0.3 is 5.51 Å². The Bertz CT molecular complexity index is 2350. The van der Waals surface area contributed by atoms with Crippen LogP contribution in [0.15, 0.2) is 117 Å². The van der Waals surface area contributed by atoms with Crippen molar-refractivity contribution in [3.8, 4) is 0 Å². The van der Waals surface area contributed by atoms with E-state index in [-0.39, 0.29) is 16.7 Å². The highest BCUT2D eigenvalue weighted by Gasteiger charge is 2.48. The van der Waals surface area contributed by atoms with Crippen LogP contribution in [0.2, 0.25) is 5.02 Å². The first kappa shape index (κ1) is 43.5. The molecule has 4 aromatic carbocycles. The molecule has 310 valence electrons. The highest BCUT2D eigenvalue weighted by Crippen LogP contribution is 2.43. The molecule has 10 nitrogen and oxygen atoms in total. The number of rotatable bonds is 13. The Morgan fingerprint density at radius 3 is 2.21 bits per heavy atom. The van der Waals surface area contributed by atoms with Crippen LogP contribution in [-0.4, -0.2) is 77.8 Å². The number of nitrogens with one attached hydrogen (secondary N) is 2. The molecule has 1 atom stereocenters. The molecule has 0 unspecified atom stereocenters. The van der Waals surface area contributed by atoms with Crippen molar-refractivity contribution in [3.63, 3.8) is 0 Å². The molecule has 4 N–H and O–H groups in total. The summed E-state index contributed by atoms with van der Waals surface area (Å²) in [6, 6.07) is 25.5. The number of hydrogen-bond acceptors (Lipinski definition) is 10. The summed E-state index contributed by atoms with van der Waals surface area (Å²) in [4.78, 5) is 16.4. The minimum Gasteiger partial charge on any atom is -0.369 e. The fourth-order valence-electron chi connectivity index (χ4n) is 7.14. The Balaban J connectivity index is 1.10. The average Bonchev–Trinajstić information content (AvgIpc) is 3.17. The van der Waals surface area contributed by atoms with Crippen LogP contribution in [-0.2, 0) is 19.9 Å². The topological polar surface area (TPSA) is 142 Å². The smallest absolute Gasteiger partial charge is 0.369 e. The lowest BCUT2D eigenvalue weighted by molar-refractivity contribution is -0.0435. The number of carbonyl (C=O) groups is 1. The van der Waals surface area contributed by atoms with Crippen LogP contribution in [0.4, 0.5) is 24.5 Å². The first-order valence-electron chi connectivity index (χ1n) is 18.6. The van der Waals surface area contributed by atoms with E-state index in [1.807, 2.05) is 22.9 Å². The van der Waals surface area contributed by atoms with Crippen LogP contribution >= 0.6 is 23.4 Å². The number of sulfone groups is 1. The minimum atomic E-state index is -6.05. The van der Waals surface area contributed by atoms with Gasteiger partial charge in [0, 0.05) is 59.6 Å². The molecule has 4 aromatic rings. The number of alkyl halides is 3. The maximum Gasteiger partial charge on any atom is 0.501 e. The third-order valence-electron chi connectivity index (χ3n) is 10.2. The van der Waals surface area contributed by atoms with Gasteiger partial charge in [-0.2, -0.15) is 13.2 Å². The van der Waals surface area contributed by atoms with E-state index in [2.05, 4.69) is 41.1 Å². The number of allylic oxidation sites excluding steroid dienone is 1. The number of nitrogens with zero attached hydrogens (tertiary/aromatic N) is 2. The van der Waals surface area contributed by atoms with Crippen molar-refractivity contribution in [2.75, 3.05) is 48.7 Å². The molecule has 0 radical (unpaired) electrons. The standard InChI is InChI=1S/C41H45ClF3N5O5S3/c1-40(2)19-18-35(28-8-12-31(42)13-9-28)30(25-40)26-49-20-22-50(23-21-49)32-14-10-29(11-15-32)39(51)48-58(54,55)34-16-17-36(37(24-34)57(52,53)41(43,44)45)47-38(46)27-56-33-6-4-3-5-7-33/h3-17,24,38,47H,18-23,25-27,46H2,1-2H3,(H,48,51)/t38-/m0/s1. The lowest BCUT2D eigenvalue weighted by Crippen LogP contribution is -2.47. The predicted molar refractivity (Wildman–Crippen MR) is 224 cm³/mol. The fourth-order valence-corrected chi connectivity index (χ4v) is 10.1. The second-order valence-corrected chi connectivity index (χ2v) is 20.3. The molecule has 1 amide bonds. The van der Waals surface area contributed by atoms with E-state index >= 15 is 0 Å². The number of amides is 1. The van der Waals surface area contributed by atoms with Crippen LogP contribution < -0.4 is 20.7 Å². The number of thioether (sulfide) groups is 1. The second-order valence-electron chi connectivity index (χ2n) is 15.2. The molecular weight excluding hydrogens is 831 g/mol. The average molecular weight is 876 g/mol. The first-order valence-corrected chi connectivity index (χ1v) is 22.9. The van der Waals surface area contributed by atoms with Gasteiger partial charge < -0.3 is 16.0 Å². The molecule has 2 aliphatic rings. The van der Waals surface area contributed by atoms with Crippen molar-refractivity contribution >= 4 is 66.1 Å². The summed E-state index contributed by atoms with van der Waals surface area (Å²) in [5, 5.41) is 3.26. The summed E-state index contributed by atoms with van der Waals surface area (Å²) in [7, 11) is -10.9. The molecule has 0 saturated carbocycles. The van der Waals surface area contributed by atoms with E-state index in [0.29, 0.717) is 11.1 Å². The largest absolute Gasteiger partial charge is 0.501 e. The molecule has 17 heteroatoms. The van der Waals surface area contributed by atoms with Gasteiger partial charge in [-0.05, 0) is 103 Å². The van der Waals surface area contributed by atoms with Crippen molar-refractivity contribution in [3.05, 3.63) is 119 Å². The van der Waals surface area contributed by atoms with Crippen molar-refractivity contribution in [2.45, 2.75) is 59.5 Å². The van der Waals surface area contributed by atoms with E-state index < -0.39 is 52.9 Å². The Hall–Kier alpha value is -4.06. The van der Waals surface area contributed by atoms with Crippen LogP contribution in [0.25, 0.3) is 5.57 Å². The van der Waals surface area contributed by atoms with Gasteiger partial charge in [-0.3, -0.25) is 9.69 Å². The molecule has 6 rings (SSSR count). The number of carbonyl (C=O) groups excluding carboxylic acids is 1. The maximum atomic E-state index is 13.8. The van der Waals surface area contributed by atoms with Gasteiger partial charge in [0.15, 0.2) is 0 Å². The lowest BCUT2D eigenvalue weighted by Gasteiger charge is -2.39. The first-order chi connectivity index (χ1) is 27.3. The monoisotopic (exact) mass is 875 g/mol. The summed E-state index contributed by atoms with van der Waals surface area (Å²) < 4.78 is 95.0. The Morgan fingerprint density at radius 1 is 0.914 bits per heavy atom. The highest BCUT2D eigenvalue weighted by molar-refractivity contribution is 7.99. The molecular formula is C41H45ClF3N5O5S3. The summed E-state index contributed by atoms with van der Waals surface area (Å²) in [5.74, 6) is -0.900. The van der Waals surface area contributed by atoms with Crippen molar-refractivity contribution in [2.24, 2.45) is 11.1 Å². The normalized spacial score (nSPS) is 17.2. The molecule has 1 aliphatic heterocycles. The summed E-state index contributed by atoms with van der Waals surface area (Å²) in [5.41, 5.74) is 4.86. The Kier molecular flexibility index (Phi) is 13.2. The molecule has 58 heavy (non-hydrogen) atoms. The molecule has 0 spiro atoms. The van der Waals surface area contributed by atoms with Crippen molar-refractivity contribution in [1.82, 2.24) is 9.62 Å². The van der Waals surface area contributed by atoms with Gasteiger partial charge in [0.2, 0.25) is 0 Å². The SMILES string of the molecule is CC1(C)CCC(c2ccc(Cl)cc2)=C(CN2CCN(c3ccc(C(=O)NS(=O)(=O)c4ccc(N[C@H](N)CSc5ccccc5)c(S(=O)(=O)C(F)(F)F)c4)cc3)CC2)C1. The van der Waals surface area contributed by atoms with Gasteiger partial charge in [-0.25, -0.2) is 21.6 Å². The van der Waals surface area contributed by atoms with Gasteiger partial charge in [0.25, 0.3) is 25.8 Å². The quantitative estimate of drug-likeness (QED) is 0.0894. The number of nitrogens with two attached hydrogens (primary N) is 1. The van der Waals surface area contributed by atoms with E-state index in [9.17, 15) is 34.8 Å². The zero-order valence-corrected chi connectivity index (χ0v) is 35.1. The fraction of sp³-hybridized carbons (Fsp3) is 0.341. The number of halogens is 4. The van der Waals surface area contributed by atoms with Crippen molar-refractivity contribution < 1.29 is 34.8 Å². The number of hydrogen-bond donors (Lipinski definition) is 3. The van der Waals surface area contributed by atoms with Crippen LogP contribution in [0.1, 0.15) is 49.0 Å². The molecule has 1 heterocycles. The van der Waals surface area contributed by atoms with Crippen LogP contribution in [0.3, 0.4) is 0 Å². The summed E-state index contributed by atoms with van der Waals surface area (Å²) in [6.45, 7) is 8.59. The Morgan fingerprint density at radius 2 is 1.57 bits per heavy atom. The van der Waals surface area contributed by atoms with E-state index in [1.54, 1.807) is 36.4 Å². The maximum absolute atomic E-state index is 13.8. The predicted octanol–water partition coefficient (Wildman–Crippen LogP) is 8.03. The highest BCUT2D eigenvalue weighted by atomic mass is 35.5. The minimum absolute atomic E-state index is 0.0177. The summed E-state index contributed by atoms with van der Waals surface area (Å²) >= 11 is 7.45. The number of sulfonamides is 1. The molecule has 1 aliphatic carbocycles. The number of benzene rings is 4. The Labute approximate surface area is 347 Å². The third kappa shape index (κ3) is 10.6. The van der Waals surface area contributed by atoms with E-state index in [0.717, 1.165) is 74.7 Å². The third-order valence-corrected chi connectivity index (χ3v) is 14.5. The zero-order valence-electron chi connectivity index (χ0n) is 31.9. The van der Waals surface area contributed by atoms with Gasteiger partial charge in [0.05, 0.1) is 16.7 Å². The van der Waals surface area contributed by atoms with Crippen molar-refractivity contribution in [1.29, 1.82) is 0 Å². The number of piperazine rings is 1. The van der Waals surface area contributed by atoms with Gasteiger partial charge in [-0.1, -0.05) is 61.4 Å². The molecule has 0 bridgehead atoms. The van der Waals surface area contributed by atoms with E-state index in [1.165, 1.54) is 40.6 Å².